The van der Waals surface area contributed by atoms with Gasteiger partial charge in [0, 0.05) is 13.1 Å². The van der Waals surface area contributed by atoms with Gasteiger partial charge in [-0.3, -0.25) is 4.31 Å². The van der Waals surface area contributed by atoms with E-state index in [1.54, 1.807) is 0 Å². The number of hydrogen-bond donors (Lipinski definition) is 2. The molecule has 1 aliphatic rings. The van der Waals surface area contributed by atoms with Crippen LogP contribution >= 0.6 is 0 Å². The van der Waals surface area contributed by atoms with Gasteiger partial charge in [-0.15, -0.1) is 0 Å². The van der Waals surface area contributed by atoms with Gasteiger partial charge in [-0.05, 0) is 18.2 Å². The molecule has 0 saturated carbocycles. The highest BCUT2D eigenvalue weighted by molar-refractivity contribution is 7.91. The van der Waals surface area contributed by atoms with Crippen LogP contribution in [-0.2, 0) is 10.2 Å². The number of aromatic carboxylic acids is 1. The summed E-state index contributed by atoms with van der Waals surface area (Å²) in [5, 5.41) is 8.86. The zero-order valence-corrected chi connectivity index (χ0v) is 10.4. The molecule has 0 amide bonds. The average Bonchev–Trinajstić information content (AvgIpc) is 2.67. The summed E-state index contributed by atoms with van der Waals surface area (Å²) >= 11 is 0. The number of ether oxygens (including phenoxy) is 1. The maximum Gasteiger partial charge on any atom is 0.335 e. The maximum atomic E-state index is 11.7. The van der Waals surface area contributed by atoms with E-state index in [0.717, 1.165) is 4.31 Å². The average molecular weight is 272 g/mol. The highest BCUT2D eigenvalue weighted by Crippen LogP contribution is 2.31. The van der Waals surface area contributed by atoms with Crippen molar-refractivity contribution in [2.45, 2.75) is 0 Å². The van der Waals surface area contributed by atoms with Crippen LogP contribution in [0.2, 0.25) is 0 Å². The van der Waals surface area contributed by atoms with E-state index in [1.807, 2.05) is 0 Å². The van der Waals surface area contributed by atoms with Gasteiger partial charge in [0.25, 0.3) is 0 Å². The van der Waals surface area contributed by atoms with E-state index in [1.165, 1.54) is 25.3 Å². The predicted molar refractivity (Wildman–Crippen MR) is 64.2 cm³/mol. The number of anilines is 1. The van der Waals surface area contributed by atoms with Gasteiger partial charge in [0.2, 0.25) is 0 Å². The number of carboxylic acids is 1. The number of nitrogens with one attached hydrogen (secondary N) is 1. The molecule has 0 atom stereocenters. The quantitative estimate of drug-likeness (QED) is 0.810. The van der Waals surface area contributed by atoms with Crippen molar-refractivity contribution in [3.8, 4) is 5.75 Å². The molecule has 8 heteroatoms. The van der Waals surface area contributed by atoms with Crippen LogP contribution in [0.4, 0.5) is 5.69 Å². The first kappa shape index (κ1) is 12.7. The third-order valence-corrected chi connectivity index (χ3v) is 4.11. The van der Waals surface area contributed by atoms with Crippen molar-refractivity contribution in [3.05, 3.63) is 23.8 Å². The molecule has 18 heavy (non-hydrogen) atoms. The van der Waals surface area contributed by atoms with Gasteiger partial charge in [0.1, 0.15) is 5.75 Å². The number of nitrogens with zero attached hydrogens (tertiary/aromatic N) is 1. The Bertz CT molecular complexity index is 584. The molecule has 0 aromatic heterocycles. The summed E-state index contributed by atoms with van der Waals surface area (Å²) in [5.41, 5.74) is 0.368. The Labute approximate surface area is 104 Å². The van der Waals surface area contributed by atoms with E-state index in [0.29, 0.717) is 12.2 Å². The Kier molecular flexibility index (Phi) is 3.14. The molecule has 0 aliphatic carbocycles. The van der Waals surface area contributed by atoms with E-state index in [9.17, 15) is 13.2 Å². The fourth-order valence-corrected chi connectivity index (χ4v) is 2.99. The van der Waals surface area contributed by atoms with Gasteiger partial charge >= 0.3 is 16.2 Å². The van der Waals surface area contributed by atoms with Crippen molar-refractivity contribution in [3.63, 3.8) is 0 Å². The summed E-state index contributed by atoms with van der Waals surface area (Å²) in [7, 11) is -2.19. The second-order valence-corrected chi connectivity index (χ2v) is 5.34. The fraction of sp³-hybridized carbons (Fsp3) is 0.300. The maximum absolute atomic E-state index is 11.7. The molecular formula is C10H12N2O5S. The Morgan fingerprint density at radius 1 is 1.50 bits per heavy atom. The Balaban J connectivity index is 2.48. The summed E-state index contributed by atoms with van der Waals surface area (Å²) in [6, 6.07) is 4.06. The smallest absolute Gasteiger partial charge is 0.335 e. The SMILES string of the molecule is COc1cc(C(=O)O)ccc1N1CCNS1(=O)=O. The molecule has 2 N–H and O–H groups in total. The van der Waals surface area contributed by atoms with Crippen molar-refractivity contribution >= 4 is 21.9 Å². The lowest BCUT2D eigenvalue weighted by Crippen LogP contribution is -2.29. The van der Waals surface area contributed by atoms with Crippen molar-refractivity contribution in [1.29, 1.82) is 0 Å². The van der Waals surface area contributed by atoms with E-state index >= 15 is 0 Å². The molecule has 98 valence electrons. The summed E-state index contributed by atoms with van der Waals surface area (Å²) < 4.78 is 31.9. The van der Waals surface area contributed by atoms with E-state index in [4.69, 9.17) is 9.84 Å². The number of carboxylic acid groups (broad SMARTS) is 1. The number of methoxy groups -OCH3 is 1. The van der Waals surface area contributed by atoms with Gasteiger partial charge in [0.05, 0.1) is 18.4 Å². The van der Waals surface area contributed by atoms with Crippen molar-refractivity contribution in [2.75, 3.05) is 24.5 Å². The largest absolute Gasteiger partial charge is 0.495 e. The third kappa shape index (κ3) is 2.12. The molecule has 2 rings (SSSR count). The molecule has 0 spiro atoms. The molecule has 0 unspecified atom stereocenters. The number of rotatable bonds is 3. The van der Waals surface area contributed by atoms with Crippen LogP contribution in [0, 0.1) is 0 Å². The normalized spacial score (nSPS) is 17.7. The summed E-state index contributed by atoms with van der Waals surface area (Å²) in [6.07, 6.45) is 0. The first-order valence-corrected chi connectivity index (χ1v) is 6.58. The number of hydrogen-bond acceptors (Lipinski definition) is 4. The Morgan fingerprint density at radius 2 is 2.22 bits per heavy atom. The molecule has 1 aromatic rings. The Morgan fingerprint density at radius 3 is 2.72 bits per heavy atom. The molecule has 0 bridgehead atoms. The lowest BCUT2D eigenvalue weighted by Gasteiger charge is -2.19. The van der Waals surface area contributed by atoms with Crippen molar-refractivity contribution in [2.24, 2.45) is 0 Å². The van der Waals surface area contributed by atoms with Crippen LogP contribution in [0.1, 0.15) is 10.4 Å². The Hall–Kier alpha value is -1.80. The summed E-state index contributed by atoms with van der Waals surface area (Å²) in [5.74, 6) is -0.885. The summed E-state index contributed by atoms with van der Waals surface area (Å²) in [6.45, 7) is 0.595. The van der Waals surface area contributed by atoms with Gasteiger partial charge in [-0.25, -0.2) is 4.79 Å². The molecule has 7 nitrogen and oxygen atoms in total. The first-order chi connectivity index (χ1) is 8.45. The summed E-state index contributed by atoms with van der Waals surface area (Å²) in [4.78, 5) is 10.8. The lowest BCUT2D eigenvalue weighted by molar-refractivity contribution is 0.0696. The van der Waals surface area contributed by atoms with Crippen LogP contribution < -0.4 is 13.8 Å². The van der Waals surface area contributed by atoms with Crippen LogP contribution in [-0.4, -0.2) is 39.7 Å². The molecule has 1 aliphatic heterocycles. The minimum Gasteiger partial charge on any atom is -0.495 e. The van der Waals surface area contributed by atoms with E-state index in [2.05, 4.69) is 4.72 Å². The topological polar surface area (TPSA) is 95.9 Å². The molecule has 1 aromatic carbocycles. The zero-order chi connectivity index (χ0) is 13.3. The van der Waals surface area contributed by atoms with Crippen LogP contribution in [0.3, 0.4) is 0 Å². The minimum absolute atomic E-state index is 0.0418. The lowest BCUT2D eigenvalue weighted by atomic mass is 10.2. The monoisotopic (exact) mass is 272 g/mol. The van der Waals surface area contributed by atoms with Crippen molar-refractivity contribution < 1.29 is 23.1 Å². The molecule has 1 saturated heterocycles. The van der Waals surface area contributed by atoms with Gasteiger partial charge in [-0.1, -0.05) is 0 Å². The molecule has 0 radical (unpaired) electrons. The zero-order valence-electron chi connectivity index (χ0n) is 9.58. The fourth-order valence-electron chi connectivity index (χ4n) is 1.74. The standard InChI is InChI=1S/C10H12N2O5S/c1-17-9-6-7(10(13)14)2-3-8(9)12-5-4-11-18(12,15)16/h2-3,6,11H,4-5H2,1H3,(H,13,14). The second-order valence-electron chi connectivity index (χ2n) is 3.66. The van der Waals surface area contributed by atoms with Crippen molar-refractivity contribution in [1.82, 2.24) is 4.72 Å². The van der Waals surface area contributed by atoms with Crippen LogP contribution in [0.15, 0.2) is 18.2 Å². The van der Waals surface area contributed by atoms with Gasteiger partial charge in [0.15, 0.2) is 0 Å². The molecule has 1 fully saturated rings. The van der Waals surface area contributed by atoms with Crippen LogP contribution in [0.5, 0.6) is 5.75 Å². The van der Waals surface area contributed by atoms with Crippen LogP contribution in [0.25, 0.3) is 0 Å². The van der Waals surface area contributed by atoms with Gasteiger partial charge < -0.3 is 9.84 Å². The van der Waals surface area contributed by atoms with E-state index < -0.39 is 16.2 Å². The third-order valence-electron chi connectivity index (χ3n) is 2.58. The highest BCUT2D eigenvalue weighted by atomic mass is 32.2. The first-order valence-electron chi connectivity index (χ1n) is 5.14. The molecular weight excluding hydrogens is 260 g/mol. The molecule has 1 heterocycles. The number of carbonyl (C=O) groups is 1. The highest BCUT2D eigenvalue weighted by Gasteiger charge is 2.30. The number of benzene rings is 1. The second kappa shape index (κ2) is 4.46. The van der Waals surface area contributed by atoms with E-state index in [-0.39, 0.29) is 17.9 Å². The predicted octanol–water partition coefficient (Wildman–Crippen LogP) is 0.0478. The minimum atomic E-state index is -3.55. The van der Waals surface area contributed by atoms with Gasteiger partial charge in [-0.2, -0.15) is 13.1 Å².